The van der Waals surface area contributed by atoms with Crippen LogP contribution in [0.15, 0.2) is 18.2 Å². The molecule has 0 bridgehead atoms. The Balaban J connectivity index is 0.000000531. The van der Waals surface area contributed by atoms with Gasteiger partial charge >= 0.3 is 0 Å². The Labute approximate surface area is 93.5 Å². The van der Waals surface area contributed by atoms with Crippen LogP contribution >= 0.6 is 0 Å². The molecule has 0 saturated carbocycles. The molecular weight excluding hydrogens is 184 g/mol. The number of ether oxygens (including phenoxy) is 1. The van der Waals surface area contributed by atoms with E-state index in [1.165, 1.54) is 16.7 Å². The molecular formula is C14H22O. The molecule has 0 spiro atoms. The molecule has 84 valence electrons. The fourth-order valence-corrected chi connectivity index (χ4v) is 2.00. The molecule has 0 radical (unpaired) electrons. The van der Waals surface area contributed by atoms with Crippen LogP contribution in [0.2, 0.25) is 0 Å². The summed E-state index contributed by atoms with van der Waals surface area (Å²) in [5.74, 6) is 0. The van der Waals surface area contributed by atoms with Gasteiger partial charge in [-0.05, 0) is 18.1 Å². The van der Waals surface area contributed by atoms with Crippen LogP contribution in [0.1, 0.15) is 44.4 Å². The third-order valence-corrected chi connectivity index (χ3v) is 2.71. The first-order valence-electron chi connectivity index (χ1n) is 5.77. The van der Waals surface area contributed by atoms with Crippen molar-refractivity contribution in [2.45, 2.75) is 46.6 Å². The van der Waals surface area contributed by atoms with Gasteiger partial charge in [0.1, 0.15) is 0 Å². The van der Waals surface area contributed by atoms with Gasteiger partial charge in [-0.3, -0.25) is 0 Å². The summed E-state index contributed by atoms with van der Waals surface area (Å²) >= 11 is 0. The lowest BCUT2D eigenvalue weighted by molar-refractivity contribution is 0.0641. The van der Waals surface area contributed by atoms with Crippen molar-refractivity contribution >= 4 is 0 Å². The molecule has 0 atom stereocenters. The van der Waals surface area contributed by atoms with Crippen molar-refractivity contribution in [3.8, 4) is 0 Å². The molecule has 2 rings (SSSR count). The molecule has 0 aliphatic carbocycles. The van der Waals surface area contributed by atoms with Crippen LogP contribution in [-0.4, -0.2) is 6.61 Å². The molecule has 1 nitrogen and oxygen atoms in total. The number of benzene rings is 1. The van der Waals surface area contributed by atoms with Crippen LogP contribution in [0.4, 0.5) is 0 Å². The lowest BCUT2D eigenvalue weighted by Crippen LogP contribution is -2.30. The Morgan fingerprint density at radius 1 is 1.20 bits per heavy atom. The topological polar surface area (TPSA) is 9.23 Å². The Kier molecular flexibility index (Phi) is 3.92. The zero-order chi connectivity index (χ0) is 11.5. The lowest BCUT2D eigenvalue weighted by atomic mass is 9.80. The highest BCUT2D eigenvalue weighted by molar-refractivity contribution is 5.37. The Hall–Kier alpha value is -0.820. The molecule has 1 heterocycles. The minimum atomic E-state index is 0.182. The van der Waals surface area contributed by atoms with E-state index in [4.69, 9.17) is 4.74 Å². The summed E-state index contributed by atoms with van der Waals surface area (Å²) in [5, 5.41) is 0. The van der Waals surface area contributed by atoms with Crippen molar-refractivity contribution < 1.29 is 4.74 Å². The average molecular weight is 206 g/mol. The van der Waals surface area contributed by atoms with Gasteiger partial charge in [0.25, 0.3) is 0 Å². The summed E-state index contributed by atoms with van der Waals surface area (Å²) in [5.41, 5.74) is 4.31. The first-order valence-corrected chi connectivity index (χ1v) is 5.77. The summed E-state index contributed by atoms with van der Waals surface area (Å²) in [4.78, 5) is 0. The molecule has 1 heteroatoms. The van der Waals surface area contributed by atoms with E-state index in [2.05, 4.69) is 39.0 Å². The van der Waals surface area contributed by atoms with Crippen LogP contribution in [0.5, 0.6) is 0 Å². The van der Waals surface area contributed by atoms with E-state index in [1.54, 1.807) is 0 Å². The zero-order valence-corrected chi connectivity index (χ0v) is 10.6. The standard InChI is InChI=1S/C12H16O.C2H6/c1-9-4-5-11-10(6-9)7-13-8-12(11,2)3;1-2/h4-6H,7-8H2,1-3H3;1-2H3. The Bertz CT molecular complexity index is 326. The SMILES string of the molecule is CC.Cc1ccc2c(c1)COCC2(C)C. The number of hydrogen-bond acceptors (Lipinski definition) is 1. The van der Waals surface area contributed by atoms with Gasteiger partial charge in [-0.2, -0.15) is 0 Å². The summed E-state index contributed by atoms with van der Waals surface area (Å²) in [6, 6.07) is 6.66. The van der Waals surface area contributed by atoms with E-state index in [0.29, 0.717) is 0 Å². The molecule has 15 heavy (non-hydrogen) atoms. The van der Waals surface area contributed by atoms with E-state index in [9.17, 15) is 0 Å². The largest absolute Gasteiger partial charge is 0.376 e. The maximum atomic E-state index is 5.57. The molecule has 0 saturated heterocycles. The van der Waals surface area contributed by atoms with E-state index in [-0.39, 0.29) is 5.41 Å². The normalized spacial score (nSPS) is 17.4. The first-order chi connectivity index (χ1) is 7.09. The van der Waals surface area contributed by atoms with Gasteiger partial charge in [0.15, 0.2) is 0 Å². The van der Waals surface area contributed by atoms with Crippen molar-refractivity contribution in [1.29, 1.82) is 0 Å². The van der Waals surface area contributed by atoms with Crippen LogP contribution in [-0.2, 0) is 16.8 Å². The number of rotatable bonds is 0. The Morgan fingerprint density at radius 3 is 2.53 bits per heavy atom. The van der Waals surface area contributed by atoms with E-state index >= 15 is 0 Å². The van der Waals surface area contributed by atoms with Gasteiger partial charge < -0.3 is 4.74 Å². The lowest BCUT2D eigenvalue weighted by Gasteiger charge is -2.32. The summed E-state index contributed by atoms with van der Waals surface area (Å²) in [7, 11) is 0. The fourth-order valence-electron chi connectivity index (χ4n) is 2.00. The van der Waals surface area contributed by atoms with Crippen molar-refractivity contribution in [3.63, 3.8) is 0 Å². The maximum absolute atomic E-state index is 5.57. The highest BCUT2D eigenvalue weighted by Crippen LogP contribution is 2.31. The van der Waals surface area contributed by atoms with Crippen molar-refractivity contribution in [2.75, 3.05) is 6.61 Å². The van der Waals surface area contributed by atoms with Gasteiger partial charge in [0, 0.05) is 5.41 Å². The highest BCUT2D eigenvalue weighted by Gasteiger charge is 2.27. The molecule has 1 aliphatic rings. The number of fused-ring (bicyclic) bond motifs is 1. The minimum absolute atomic E-state index is 0.182. The second-order valence-electron chi connectivity index (χ2n) is 4.54. The maximum Gasteiger partial charge on any atom is 0.0720 e. The van der Waals surface area contributed by atoms with Gasteiger partial charge in [-0.1, -0.05) is 51.5 Å². The molecule has 1 aromatic carbocycles. The van der Waals surface area contributed by atoms with Gasteiger partial charge in [-0.15, -0.1) is 0 Å². The van der Waals surface area contributed by atoms with Crippen molar-refractivity contribution in [3.05, 3.63) is 34.9 Å². The third-order valence-electron chi connectivity index (χ3n) is 2.71. The monoisotopic (exact) mass is 206 g/mol. The van der Waals surface area contributed by atoms with Gasteiger partial charge in [0.2, 0.25) is 0 Å². The van der Waals surface area contributed by atoms with E-state index in [0.717, 1.165) is 13.2 Å². The fraction of sp³-hybridized carbons (Fsp3) is 0.571. The molecule has 0 N–H and O–H groups in total. The van der Waals surface area contributed by atoms with Gasteiger partial charge in [0.05, 0.1) is 13.2 Å². The van der Waals surface area contributed by atoms with Crippen LogP contribution in [0.3, 0.4) is 0 Å². The first kappa shape index (κ1) is 12.3. The van der Waals surface area contributed by atoms with Crippen molar-refractivity contribution in [2.24, 2.45) is 0 Å². The third kappa shape index (κ3) is 2.60. The highest BCUT2D eigenvalue weighted by atomic mass is 16.5. The van der Waals surface area contributed by atoms with Crippen LogP contribution < -0.4 is 0 Å². The Morgan fingerprint density at radius 2 is 1.87 bits per heavy atom. The molecule has 1 aromatic rings. The van der Waals surface area contributed by atoms with Crippen LogP contribution in [0.25, 0.3) is 0 Å². The van der Waals surface area contributed by atoms with Gasteiger partial charge in [-0.25, -0.2) is 0 Å². The minimum Gasteiger partial charge on any atom is -0.376 e. The van der Waals surface area contributed by atoms with E-state index < -0.39 is 0 Å². The smallest absolute Gasteiger partial charge is 0.0720 e. The predicted octanol–water partition coefficient (Wildman–Crippen LogP) is 3.83. The molecule has 0 fully saturated rings. The zero-order valence-electron chi connectivity index (χ0n) is 10.6. The number of aryl methyl sites for hydroxylation is 1. The van der Waals surface area contributed by atoms with E-state index in [1.807, 2.05) is 13.8 Å². The summed E-state index contributed by atoms with van der Waals surface area (Å²) in [6.45, 7) is 12.2. The second-order valence-corrected chi connectivity index (χ2v) is 4.54. The second kappa shape index (κ2) is 4.80. The predicted molar refractivity (Wildman–Crippen MR) is 65.2 cm³/mol. The summed E-state index contributed by atoms with van der Waals surface area (Å²) in [6.07, 6.45) is 0. The molecule has 0 aromatic heterocycles. The molecule has 0 unspecified atom stereocenters. The molecule has 1 aliphatic heterocycles. The number of hydrogen-bond donors (Lipinski definition) is 0. The quantitative estimate of drug-likeness (QED) is 0.627. The summed E-state index contributed by atoms with van der Waals surface area (Å²) < 4.78 is 5.57. The average Bonchev–Trinajstić information content (AvgIpc) is 2.19. The van der Waals surface area contributed by atoms with Crippen LogP contribution in [0, 0.1) is 6.92 Å². The molecule has 0 amide bonds. The van der Waals surface area contributed by atoms with Crippen molar-refractivity contribution in [1.82, 2.24) is 0 Å².